The van der Waals surface area contributed by atoms with E-state index in [-0.39, 0.29) is 6.04 Å². The van der Waals surface area contributed by atoms with Gasteiger partial charge in [0.15, 0.2) is 5.82 Å². The van der Waals surface area contributed by atoms with Crippen LogP contribution in [0.3, 0.4) is 0 Å². The number of rotatable bonds is 3. The van der Waals surface area contributed by atoms with Crippen molar-refractivity contribution in [3.8, 4) is 0 Å². The van der Waals surface area contributed by atoms with Crippen LogP contribution >= 0.6 is 22.9 Å². The van der Waals surface area contributed by atoms with E-state index in [4.69, 9.17) is 11.6 Å². The Labute approximate surface area is 90.5 Å². The van der Waals surface area contributed by atoms with Crippen molar-refractivity contribution >= 4 is 22.9 Å². The van der Waals surface area contributed by atoms with Crippen LogP contribution in [0.15, 0.2) is 17.5 Å². The fourth-order valence-electron chi connectivity index (χ4n) is 1.25. The van der Waals surface area contributed by atoms with Crippen LogP contribution in [-0.4, -0.2) is 20.2 Å². The Kier molecular flexibility index (Phi) is 2.79. The average Bonchev–Trinajstić information content (AvgIpc) is 2.87. The van der Waals surface area contributed by atoms with Crippen molar-refractivity contribution in [1.82, 2.24) is 20.2 Å². The Bertz CT molecular complexity index is 397. The first-order valence-electron chi connectivity index (χ1n) is 4.19. The fourth-order valence-corrected chi connectivity index (χ4v) is 2.19. The Balaban J connectivity index is 2.31. The highest BCUT2D eigenvalue weighted by atomic mass is 35.5. The van der Waals surface area contributed by atoms with Gasteiger partial charge in [-0.1, -0.05) is 6.07 Å². The third kappa shape index (κ3) is 1.65. The molecule has 74 valence electrons. The van der Waals surface area contributed by atoms with E-state index in [1.54, 1.807) is 16.0 Å². The van der Waals surface area contributed by atoms with Gasteiger partial charge in [0.05, 0.1) is 11.9 Å². The third-order valence-electron chi connectivity index (χ3n) is 2.00. The van der Waals surface area contributed by atoms with Crippen LogP contribution in [0, 0.1) is 0 Å². The molecule has 1 atom stereocenters. The highest BCUT2D eigenvalue weighted by Crippen LogP contribution is 2.22. The van der Waals surface area contributed by atoms with Gasteiger partial charge in [-0.25, -0.2) is 4.68 Å². The van der Waals surface area contributed by atoms with E-state index >= 15 is 0 Å². The van der Waals surface area contributed by atoms with Gasteiger partial charge < -0.3 is 0 Å². The van der Waals surface area contributed by atoms with Crippen molar-refractivity contribution < 1.29 is 0 Å². The van der Waals surface area contributed by atoms with Crippen LogP contribution < -0.4 is 0 Å². The summed E-state index contributed by atoms with van der Waals surface area (Å²) in [6, 6.07) is 4.23. The van der Waals surface area contributed by atoms with Crippen molar-refractivity contribution in [1.29, 1.82) is 0 Å². The van der Waals surface area contributed by atoms with E-state index in [0.717, 1.165) is 0 Å². The van der Waals surface area contributed by atoms with E-state index in [1.165, 1.54) is 4.88 Å². The van der Waals surface area contributed by atoms with E-state index in [2.05, 4.69) is 28.5 Å². The second-order valence-electron chi connectivity index (χ2n) is 2.86. The van der Waals surface area contributed by atoms with Gasteiger partial charge in [0.2, 0.25) is 0 Å². The standard InChI is InChI=1S/C8H9ClN4S/c1-6(7-3-2-4-14-7)13-8(5-9)10-11-12-13/h2-4,6H,5H2,1H3. The van der Waals surface area contributed by atoms with Gasteiger partial charge in [-0.2, -0.15) is 0 Å². The maximum Gasteiger partial charge on any atom is 0.166 e. The number of aromatic nitrogens is 4. The molecule has 6 heteroatoms. The molecule has 2 rings (SSSR count). The van der Waals surface area contributed by atoms with E-state index in [9.17, 15) is 0 Å². The van der Waals surface area contributed by atoms with Crippen LogP contribution in [0.4, 0.5) is 0 Å². The first-order chi connectivity index (χ1) is 6.83. The van der Waals surface area contributed by atoms with E-state index in [1.807, 2.05) is 11.4 Å². The van der Waals surface area contributed by atoms with Crippen molar-refractivity contribution in [3.05, 3.63) is 28.2 Å². The number of nitrogens with zero attached hydrogens (tertiary/aromatic N) is 4. The van der Waals surface area contributed by atoms with Gasteiger partial charge in [-0.3, -0.25) is 0 Å². The molecule has 0 amide bonds. The zero-order valence-electron chi connectivity index (χ0n) is 7.59. The van der Waals surface area contributed by atoms with Gasteiger partial charge in [0, 0.05) is 4.88 Å². The number of thiophene rings is 1. The van der Waals surface area contributed by atoms with Crippen LogP contribution in [0.5, 0.6) is 0 Å². The third-order valence-corrected chi connectivity index (χ3v) is 3.28. The molecule has 0 N–H and O–H groups in total. The lowest BCUT2D eigenvalue weighted by Gasteiger charge is -2.09. The van der Waals surface area contributed by atoms with Gasteiger partial charge in [-0.15, -0.1) is 28.0 Å². The molecule has 0 bridgehead atoms. The number of hydrogen-bond acceptors (Lipinski definition) is 4. The molecule has 1 unspecified atom stereocenters. The summed E-state index contributed by atoms with van der Waals surface area (Å²) in [5, 5.41) is 13.4. The summed E-state index contributed by atoms with van der Waals surface area (Å²) >= 11 is 7.41. The average molecular weight is 229 g/mol. The van der Waals surface area contributed by atoms with Crippen molar-refractivity contribution in [2.75, 3.05) is 0 Å². The quantitative estimate of drug-likeness (QED) is 0.756. The molecule has 2 aromatic heterocycles. The van der Waals surface area contributed by atoms with Gasteiger partial charge in [-0.05, 0) is 28.8 Å². The Morgan fingerprint density at radius 1 is 1.64 bits per heavy atom. The van der Waals surface area contributed by atoms with Crippen LogP contribution in [-0.2, 0) is 5.88 Å². The first kappa shape index (κ1) is 9.61. The SMILES string of the molecule is CC(c1cccs1)n1nnnc1CCl. The number of tetrazole rings is 1. The highest BCUT2D eigenvalue weighted by Gasteiger charge is 2.14. The summed E-state index contributed by atoms with van der Waals surface area (Å²) in [7, 11) is 0. The molecule has 2 heterocycles. The molecule has 0 aliphatic rings. The maximum absolute atomic E-state index is 5.72. The molecular formula is C8H9ClN4S. The predicted molar refractivity (Wildman–Crippen MR) is 55.5 cm³/mol. The van der Waals surface area contributed by atoms with Crippen LogP contribution in [0.1, 0.15) is 23.7 Å². The molecule has 0 saturated heterocycles. The van der Waals surface area contributed by atoms with Crippen LogP contribution in [0.25, 0.3) is 0 Å². The Morgan fingerprint density at radius 2 is 2.50 bits per heavy atom. The molecule has 0 aliphatic carbocycles. The molecule has 0 spiro atoms. The predicted octanol–water partition coefficient (Wildman–Crippen LogP) is 2.08. The molecule has 0 saturated carbocycles. The van der Waals surface area contributed by atoms with Crippen LogP contribution in [0.2, 0.25) is 0 Å². The van der Waals surface area contributed by atoms with Crippen molar-refractivity contribution in [3.63, 3.8) is 0 Å². The number of hydrogen-bond donors (Lipinski definition) is 0. The zero-order chi connectivity index (χ0) is 9.97. The van der Waals surface area contributed by atoms with Gasteiger partial charge in [0.25, 0.3) is 0 Å². The fraction of sp³-hybridized carbons (Fsp3) is 0.375. The van der Waals surface area contributed by atoms with Crippen molar-refractivity contribution in [2.45, 2.75) is 18.8 Å². The second kappa shape index (κ2) is 4.06. The summed E-state index contributed by atoms with van der Waals surface area (Å²) < 4.78 is 1.75. The molecule has 2 aromatic rings. The van der Waals surface area contributed by atoms with E-state index < -0.39 is 0 Å². The molecule has 0 fully saturated rings. The molecular weight excluding hydrogens is 220 g/mol. The Hall–Kier alpha value is -0.940. The Morgan fingerprint density at radius 3 is 3.14 bits per heavy atom. The summed E-state index contributed by atoms with van der Waals surface area (Å²) in [6.45, 7) is 2.05. The minimum Gasteiger partial charge on any atom is -0.220 e. The second-order valence-corrected chi connectivity index (χ2v) is 4.11. The summed E-state index contributed by atoms with van der Waals surface area (Å²) in [4.78, 5) is 1.23. The minimum atomic E-state index is 0.152. The largest absolute Gasteiger partial charge is 0.220 e. The lowest BCUT2D eigenvalue weighted by molar-refractivity contribution is 0.535. The summed E-state index contributed by atoms with van der Waals surface area (Å²) in [6.07, 6.45) is 0. The normalized spacial score (nSPS) is 13.0. The summed E-state index contributed by atoms with van der Waals surface area (Å²) in [5.74, 6) is 1.04. The van der Waals surface area contributed by atoms with Gasteiger partial charge >= 0.3 is 0 Å². The van der Waals surface area contributed by atoms with E-state index in [0.29, 0.717) is 11.7 Å². The maximum atomic E-state index is 5.72. The minimum absolute atomic E-state index is 0.152. The monoisotopic (exact) mass is 228 g/mol. The molecule has 0 aromatic carbocycles. The number of halogens is 1. The molecule has 14 heavy (non-hydrogen) atoms. The zero-order valence-corrected chi connectivity index (χ0v) is 9.16. The summed E-state index contributed by atoms with van der Waals surface area (Å²) in [5.41, 5.74) is 0. The highest BCUT2D eigenvalue weighted by molar-refractivity contribution is 7.10. The first-order valence-corrected chi connectivity index (χ1v) is 5.60. The van der Waals surface area contributed by atoms with Gasteiger partial charge in [0.1, 0.15) is 0 Å². The molecule has 4 nitrogen and oxygen atoms in total. The molecule has 0 radical (unpaired) electrons. The topological polar surface area (TPSA) is 43.6 Å². The number of alkyl halides is 1. The molecule has 0 aliphatic heterocycles. The lowest BCUT2D eigenvalue weighted by Crippen LogP contribution is -2.10. The van der Waals surface area contributed by atoms with Crippen molar-refractivity contribution in [2.24, 2.45) is 0 Å². The lowest BCUT2D eigenvalue weighted by atomic mass is 10.3. The smallest absolute Gasteiger partial charge is 0.166 e.